The first kappa shape index (κ1) is 20.2. The van der Waals surface area contributed by atoms with E-state index in [4.69, 9.17) is 9.47 Å². The lowest BCUT2D eigenvalue weighted by atomic mass is 10.0. The number of Topliss-reactive ketones (excluding diaryl/α,β-unsaturated/α-hetero) is 1. The van der Waals surface area contributed by atoms with Crippen LogP contribution < -0.4 is 9.47 Å². The lowest BCUT2D eigenvalue weighted by Crippen LogP contribution is -2.08. The molecule has 4 aromatic rings. The second-order valence-corrected chi connectivity index (χ2v) is 8.09. The number of carbonyl (C=O) groups excluding carboxylic acids is 1. The topological polar surface area (TPSA) is 71.2 Å². The van der Waals surface area contributed by atoms with E-state index in [0.29, 0.717) is 23.5 Å². The normalized spacial score (nSPS) is 17.5. The van der Waals surface area contributed by atoms with Crippen molar-refractivity contribution in [2.45, 2.75) is 19.0 Å². The molecule has 5 rings (SSSR count). The fourth-order valence-electron chi connectivity index (χ4n) is 4.04. The van der Waals surface area contributed by atoms with Gasteiger partial charge in [0.15, 0.2) is 5.78 Å². The quantitative estimate of drug-likeness (QED) is 0.404. The number of aromatic nitrogens is 4. The number of alkyl halides is 1. The highest BCUT2D eigenvalue weighted by Crippen LogP contribution is 2.41. The fourth-order valence-corrected chi connectivity index (χ4v) is 4.04. The molecule has 2 aromatic heterocycles. The first-order chi connectivity index (χ1) is 15.5. The molecule has 32 heavy (non-hydrogen) atoms. The van der Waals surface area contributed by atoms with Crippen LogP contribution in [0.1, 0.15) is 23.2 Å². The summed E-state index contributed by atoms with van der Waals surface area (Å²) in [5, 5.41) is 4.23. The number of carbonyl (C=O) groups is 1. The number of ether oxygens (including phenoxy) is 2. The maximum Gasteiger partial charge on any atom is 0.170 e. The minimum Gasteiger partial charge on any atom is -0.496 e. The molecule has 0 bridgehead atoms. The predicted octanol–water partition coefficient (Wildman–Crippen LogP) is 4.37. The number of rotatable bonds is 7. The van der Waals surface area contributed by atoms with Gasteiger partial charge in [-0.2, -0.15) is 5.10 Å². The maximum atomic E-state index is 13.3. The van der Waals surface area contributed by atoms with Crippen molar-refractivity contribution in [3.8, 4) is 28.3 Å². The van der Waals surface area contributed by atoms with Crippen molar-refractivity contribution in [1.29, 1.82) is 0 Å². The zero-order valence-corrected chi connectivity index (χ0v) is 18.1. The first-order valence-electron chi connectivity index (χ1n) is 10.4. The van der Waals surface area contributed by atoms with E-state index in [1.165, 1.54) is 14.2 Å². The van der Waals surface area contributed by atoms with E-state index in [-0.39, 0.29) is 18.1 Å². The number of hydrogen-bond donors (Lipinski definition) is 0. The molecule has 0 saturated heterocycles. The average molecular weight is 434 g/mol. The third-order valence-corrected chi connectivity index (χ3v) is 5.92. The summed E-state index contributed by atoms with van der Waals surface area (Å²) in [5.74, 6) is 0.415. The zero-order chi connectivity index (χ0) is 22.4. The molecule has 2 atom stereocenters. The fraction of sp³-hybridized carbons (Fsp3) is 0.292. The molecule has 0 spiro atoms. The molecular weight excluding hydrogens is 411 g/mol. The number of fused-ring (bicyclic) bond motifs is 1. The van der Waals surface area contributed by atoms with Crippen LogP contribution in [0.15, 0.2) is 49.1 Å². The Balaban J connectivity index is 1.54. The number of halogens is 1. The summed E-state index contributed by atoms with van der Waals surface area (Å²) in [5.41, 5.74) is 4.87. The number of imidazole rings is 1. The van der Waals surface area contributed by atoms with Gasteiger partial charge in [-0.15, -0.1) is 0 Å². The second kappa shape index (κ2) is 7.78. The average Bonchev–Trinajstić information content (AvgIpc) is 3.17. The summed E-state index contributed by atoms with van der Waals surface area (Å²) in [6.45, 7) is 0. The molecule has 1 aliphatic rings. The van der Waals surface area contributed by atoms with Crippen molar-refractivity contribution >= 4 is 16.8 Å². The highest BCUT2D eigenvalue weighted by molar-refractivity contribution is 6.02. The predicted molar refractivity (Wildman–Crippen MR) is 118 cm³/mol. The number of methoxy groups -OCH3 is 2. The summed E-state index contributed by atoms with van der Waals surface area (Å²) in [4.78, 5) is 17.4. The molecule has 0 radical (unpaired) electrons. The number of aryl methyl sites for hydroxylation is 1. The van der Waals surface area contributed by atoms with Gasteiger partial charge < -0.3 is 9.47 Å². The van der Waals surface area contributed by atoms with Crippen LogP contribution in [-0.2, 0) is 7.05 Å². The molecular formula is C24H23FN4O3. The molecule has 2 heterocycles. The standard InChI is InChI=1S/C24H23FN4O3/c1-28-12-16(11-27-28)14-4-5-20-19(7-14)26-13-29(20)17-9-22(31-2)24(23(10-17)32-3)21(30)8-15-6-18(15)25/h4-5,7,9-13,15,18H,6,8H2,1-3H3/t15-,18-/m0/s1. The van der Waals surface area contributed by atoms with E-state index in [0.717, 1.165) is 27.8 Å². The number of benzene rings is 2. The second-order valence-electron chi connectivity index (χ2n) is 8.09. The van der Waals surface area contributed by atoms with Gasteiger partial charge in [-0.25, -0.2) is 9.37 Å². The Kier molecular flexibility index (Phi) is 4.92. The molecule has 0 amide bonds. The molecule has 0 unspecified atom stereocenters. The summed E-state index contributed by atoms with van der Waals surface area (Å²) >= 11 is 0. The highest BCUT2D eigenvalue weighted by atomic mass is 19.1. The Labute approximate surface area is 184 Å². The summed E-state index contributed by atoms with van der Waals surface area (Å²) in [6.07, 6.45) is 5.21. The molecule has 0 N–H and O–H groups in total. The van der Waals surface area contributed by atoms with Crippen LogP contribution in [0.2, 0.25) is 0 Å². The van der Waals surface area contributed by atoms with Gasteiger partial charge in [0.1, 0.15) is 29.6 Å². The van der Waals surface area contributed by atoms with Gasteiger partial charge >= 0.3 is 0 Å². The highest BCUT2D eigenvalue weighted by Gasteiger charge is 2.39. The van der Waals surface area contributed by atoms with Crippen LogP contribution in [0, 0.1) is 5.92 Å². The molecule has 164 valence electrons. The van der Waals surface area contributed by atoms with Gasteiger partial charge in [0.2, 0.25) is 0 Å². The monoisotopic (exact) mass is 434 g/mol. The third-order valence-electron chi connectivity index (χ3n) is 5.92. The van der Waals surface area contributed by atoms with Crippen molar-refractivity contribution in [3.63, 3.8) is 0 Å². The van der Waals surface area contributed by atoms with E-state index < -0.39 is 6.17 Å². The third kappa shape index (κ3) is 3.51. The number of hydrogen-bond acceptors (Lipinski definition) is 5. The Morgan fingerprint density at radius 2 is 1.88 bits per heavy atom. The summed E-state index contributed by atoms with van der Waals surface area (Å²) < 4.78 is 28.1. The minimum absolute atomic E-state index is 0.151. The summed E-state index contributed by atoms with van der Waals surface area (Å²) in [7, 11) is 4.90. The number of nitrogens with zero attached hydrogens (tertiary/aromatic N) is 4. The van der Waals surface area contributed by atoms with Crippen LogP contribution in [0.3, 0.4) is 0 Å². The van der Waals surface area contributed by atoms with Gasteiger partial charge in [0.25, 0.3) is 0 Å². The molecule has 1 saturated carbocycles. The van der Waals surface area contributed by atoms with E-state index in [1.54, 1.807) is 23.1 Å². The maximum absolute atomic E-state index is 13.3. The van der Waals surface area contributed by atoms with Crippen LogP contribution >= 0.6 is 0 Å². The van der Waals surface area contributed by atoms with Gasteiger partial charge in [-0.1, -0.05) is 6.07 Å². The molecule has 0 aliphatic heterocycles. The Morgan fingerprint density at radius 3 is 2.47 bits per heavy atom. The summed E-state index contributed by atoms with van der Waals surface area (Å²) in [6, 6.07) is 9.60. The lowest BCUT2D eigenvalue weighted by molar-refractivity contribution is 0.0966. The van der Waals surface area contributed by atoms with Crippen LogP contribution in [0.5, 0.6) is 11.5 Å². The number of ketones is 1. The zero-order valence-electron chi connectivity index (χ0n) is 18.1. The van der Waals surface area contributed by atoms with Gasteiger partial charge in [-0.05, 0) is 24.1 Å². The van der Waals surface area contributed by atoms with E-state index >= 15 is 0 Å². The first-order valence-corrected chi connectivity index (χ1v) is 10.4. The van der Waals surface area contributed by atoms with Crippen LogP contribution in [0.25, 0.3) is 27.8 Å². The van der Waals surface area contributed by atoms with Crippen molar-refractivity contribution in [1.82, 2.24) is 19.3 Å². The van der Waals surface area contributed by atoms with Crippen molar-refractivity contribution < 1.29 is 18.7 Å². The van der Waals surface area contributed by atoms with Crippen LogP contribution in [0.4, 0.5) is 4.39 Å². The van der Waals surface area contributed by atoms with E-state index in [1.807, 2.05) is 42.2 Å². The smallest absolute Gasteiger partial charge is 0.170 e. The Hall–Kier alpha value is -3.68. The Bertz CT molecular complexity index is 1300. The lowest BCUT2D eigenvalue weighted by Gasteiger charge is -2.15. The van der Waals surface area contributed by atoms with Crippen LogP contribution in [-0.4, -0.2) is 45.5 Å². The van der Waals surface area contributed by atoms with E-state index in [9.17, 15) is 9.18 Å². The van der Waals surface area contributed by atoms with E-state index in [2.05, 4.69) is 10.1 Å². The van der Waals surface area contributed by atoms with Crippen molar-refractivity contribution in [2.24, 2.45) is 13.0 Å². The molecule has 1 aliphatic carbocycles. The molecule has 1 fully saturated rings. The van der Waals surface area contributed by atoms with Crippen molar-refractivity contribution in [2.75, 3.05) is 14.2 Å². The van der Waals surface area contributed by atoms with Gasteiger partial charge in [0.05, 0.1) is 37.1 Å². The molecule has 2 aromatic carbocycles. The Morgan fingerprint density at radius 1 is 1.16 bits per heavy atom. The molecule has 8 heteroatoms. The van der Waals surface area contributed by atoms with Gasteiger partial charge in [-0.3, -0.25) is 14.0 Å². The van der Waals surface area contributed by atoms with Gasteiger partial charge in [0, 0.05) is 43.3 Å². The largest absolute Gasteiger partial charge is 0.496 e. The van der Waals surface area contributed by atoms with Crippen molar-refractivity contribution in [3.05, 3.63) is 54.6 Å². The minimum atomic E-state index is -0.885. The molecule has 7 nitrogen and oxygen atoms in total. The SMILES string of the molecule is COc1cc(-n2cnc3cc(-c4cnn(C)c4)ccc32)cc(OC)c1C(=O)C[C@@H]1C[C@@H]1F.